The van der Waals surface area contributed by atoms with Crippen LogP contribution in [0.15, 0.2) is 12.1 Å². The highest BCUT2D eigenvalue weighted by molar-refractivity contribution is 5.42. The van der Waals surface area contributed by atoms with Crippen LogP contribution in [0.4, 0.5) is 4.39 Å². The van der Waals surface area contributed by atoms with Gasteiger partial charge in [-0.05, 0) is 6.07 Å². The van der Waals surface area contributed by atoms with Crippen LogP contribution < -0.4 is 5.73 Å². The number of phenolic OH excluding ortho intramolecular Hbond substituents is 2. The van der Waals surface area contributed by atoms with E-state index in [1.165, 1.54) is 0 Å². The molecule has 5 N–H and O–H groups in total. The van der Waals surface area contributed by atoms with Crippen molar-refractivity contribution < 1.29 is 19.7 Å². The van der Waals surface area contributed by atoms with Crippen LogP contribution >= 0.6 is 0 Å². The number of aliphatic hydroxyl groups is 1. The second kappa shape index (κ2) is 3.59. The summed E-state index contributed by atoms with van der Waals surface area (Å²) in [5.74, 6) is -1.84. The summed E-state index contributed by atoms with van der Waals surface area (Å²) >= 11 is 0. The van der Waals surface area contributed by atoms with E-state index in [4.69, 9.17) is 21.1 Å². The number of aromatic hydroxyl groups is 2. The Labute approximate surface area is 74.0 Å². The van der Waals surface area contributed by atoms with Gasteiger partial charge in [-0.25, -0.2) is 4.39 Å². The maximum absolute atomic E-state index is 13.0. The summed E-state index contributed by atoms with van der Waals surface area (Å²) in [4.78, 5) is 0. The van der Waals surface area contributed by atoms with Gasteiger partial charge >= 0.3 is 0 Å². The molecule has 1 atom stereocenters. The maximum atomic E-state index is 13.0. The van der Waals surface area contributed by atoms with E-state index in [2.05, 4.69) is 0 Å². The summed E-state index contributed by atoms with van der Waals surface area (Å²) < 4.78 is 13.0. The first kappa shape index (κ1) is 9.76. The number of rotatable bonds is 2. The van der Waals surface area contributed by atoms with Gasteiger partial charge in [0, 0.05) is 18.2 Å². The molecule has 0 amide bonds. The molecule has 1 rings (SSSR count). The fraction of sp³-hybridized carbons (Fsp3) is 0.250. The molecule has 0 unspecified atom stereocenters. The van der Waals surface area contributed by atoms with Gasteiger partial charge < -0.3 is 21.1 Å². The smallest absolute Gasteiger partial charge is 0.160 e. The Balaban J connectivity index is 3.15. The zero-order valence-corrected chi connectivity index (χ0v) is 6.74. The Kier molecular flexibility index (Phi) is 2.69. The lowest BCUT2D eigenvalue weighted by Gasteiger charge is -2.10. The van der Waals surface area contributed by atoms with Crippen molar-refractivity contribution in [3.8, 4) is 11.5 Å². The molecule has 0 aliphatic heterocycles. The molecule has 0 bridgehead atoms. The molecule has 0 radical (unpaired) electrons. The second-order valence-corrected chi connectivity index (χ2v) is 2.61. The first-order valence-corrected chi connectivity index (χ1v) is 3.65. The highest BCUT2D eigenvalue weighted by atomic mass is 19.1. The minimum Gasteiger partial charge on any atom is -0.504 e. The molecule has 0 aliphatic carbocycles. The summed E-state index contributed by atoms with van der Waals surface area (Å²) in [6.07, 6.45) is -1.17. The summed E-state index contributed by atoms with van der Waals surface area (Å²) in [5.41, 5.74) is 4.97. The fourth-order valence-electron chi connectivity index (χ4n) is 0.950. The van der Waals surface area contributed by atoms with Crippen molar-refractivity contribution in [1.29, 1.82) is 0 Å². The van der Waals surface area contributed by atoms with E-state index in [9.17, 15) is 4.39 Å². The van der Waals surface area contributed by atoms with E-state index in [0.717, 1.165) is 12.1 Å². The molecule has 0 heterocycles. The van der Waals surface area contributed by atoms with E-state index in [1.807, 2.05) is 0 Å². The number of aliphatic hydroxyl groups excluding tert-OH is 1. The van der Waals surface area contributed by atoms with Crippen molar-refractivity contribution in [3.63, 3.8) is 0 Å². The Morgan fingerprint density at radius 1 is 1.31 bits per heavy atom. The van der Waals surface area contributed by atoms with Crippen molar-refractivity contribution >= 4 is 0 Å². The van der Waals surface area contributed by atoms with E-state index in [0.29, 0.717) is 0 Å². The monoisotopic (exact) mass is 187 g/mol. The van der Waals surface area contributed by atoms with Crippen LogP contribution in [0.2, 0.25) is 0 Å². The molecule has 1 aromatic carbocycles. The third-order valence-corrected chi connectivity index (χ3v) is 1.68. The average Bonchev–Trinajstić information content (AvgIpc) is 2.10. The number of hydrogen-bond acceptors (Lipinski definition) is 4. The molecule has 0 saturated heterocycles. The van der Waals surface area contributed by atoms with Crippen LogP contribution in [-0.2, 0) is 0 Å². The number of nitrogens with two attached hydrogens (primary N) is 1. The molecule has 4 nitrogen and oxygen atoms in total. The molecule has 13 heavy (non-hydrogen) atoms. The largest absolute Gasteiger partial charge is 0.504 e. The highest BCUT2D eigenvalue weighted by Crippen LogP contribution is 2.30. The first-order valence-electron chi connectivity index (χ1n) is 3.65. The van der Waals surface area contributed by atoms with Gasteiger partial charge in [-0.1, -0.05) is 0 Å². The molecule has 0 saturated carbocycles. The Morgan fingerprint density at radius 3 is 2.38 bits per heavy atom. The lowest BCUT2D eigenvalue weighted by atomic mass is 10.1. The Bertz CT molecular complexity index is 317. The van der Waals surface area contributed by atoms with E-state index in [-0.39, 0.29) is 12.1 Å². The average molecular weight is 187 g/mol. The zero-order chi connectivity index (χ0) is 10.0. The van der Waals surface area contributed by atoms with Gasteiger partial charge in [0.15, 0.2) is 11.5 Å². The standard InChI is InChI=1S/C8H10FNO3/c9-5-2-7(12)6(11)1-4(5)8(13)3-10/h1-2,8,11-13H,3,10H2/t8-/m0/s1. The maximum Gasteiger partial charge on any atom is 0.160 e. The SMILES string of the molecule is NC[C@H](O)c1cc(O)c(O)cc1F. The number of hydrogen-bond donors (Lipinski definition) is 4. The summed E-state index contributed by atoms with van der Waals surface area (Å²) in [5, 5.41) is 27.0. The first-order chi connectivity index (χ1) is 6.06. The van der Waals surface area contributed by atoms with Gasteiger partial charge in [-0.2, -0.15) is 0 Å². The topological polar surface area (TPSA) is 86.7 Å². The van der Waals surface area contributed by atoms with Crippen LogP contribution in [0.3, 0.4) is 0 Å². The molecule has 72 valence electrons. The predicted octanol–water partition coefficient (Wildman–Crippen LogP) is 0.229. The third kappa shape index (κ3) is 1.88. The minimum absolute atomic E-state index is 0.127. The molecule has 0 aromatic heterocycles. The normalized spacial score (nSPS) is 12.8. The van der Waals surface area contributed by atoms with Crippen LogP contribution in [0.1, 0.15) is 11.7 Å². The van der Waals surface area contributed by atoms with E-state index in [1.54, 1.807) is 0 Å². The van der Waals surface area contributed by atoms with Crippen molar-refractivity contribution in [2.75, 3.05) is 6.54 Å². The van der Waals surface area contributed by atoms with E-state index >= 15 is 0 Å². The lowest BCUT2D eigenvalue weighted by molar-refractivity contribution is 0.181. The Morgan fingerprint density at radius 2 is 1.85 bits per heavy atom. The minimum atomic E-state index is -1.17. The van der Waals surface area contributed by atoms with Crippen LogP contribution in [-0.4, -0.2) is 21.9 Å². The summed E-state index contributed by atoms with van der Waals surface area (Å²) in [7, 11) is 0. The summed E-state index contributed by atoms with van der Waals surface area (Å²) in [6.45, 7) is -0.152. The lowest BCUT2D eigenvalue weighted by Crippen LogP contribution is -2.12. The number of halogens is 1. The number of benzene rings is 1. The van der Waals surface area contributed by atoms with Gasteiger partial charge in [0.1, 0.15) is 5.82 Å². The van der Waals surface area contributed by atoms with Gasteiger partial charge in [0.05, 0.1) is 6.10 Å². The summed E-state index contributed by atoms with van der Waals surface area (Å²) in [6, 6.07) is 1.67. The van der Waals surface area contributed by atoms with Crippen molar-refractivity contribution in [2.45, 2.75) is 6.10 Å². The van der Waals surface area contributed by atoms with Crippen LogP contribution in [0.25, 0.3) is 0 Å². The third-order valence-electron chi connectivity index (χ3n) is 1.68. The number of phenols is 2. The fourth-order valence-corrected chi connectivity index (χ4v) is 0.950. The Hall–Kier alpha value is -1.33. The molecule has 5 heteroatoms. The quantitative estimate of drug-likeness (QED) is 0.499. The molecule has 1 aromatic rings. The van der Waals surface area contributed by atoms with Crippen LogP contribution in [0.5, 0.6) is 11.5 Å². The van der Waals surface area contributed by atoms with Gasteiger partial charge in [-0.3, -0.25) is 0 Å². The highest BCUT2D eigenvalue weighted by Gasteiger charge is 2.14. The van der Waals surface area contributed by atoms with Gasteiger partial charge in [0.2, 0.25) is 0 Å². The van der Waals surface area contributed by atoms with Crippen molar-refractivity contribution in [2.24, 2.45) is 5.73 Å². The molecule has 0 aliphatic rings. The van der Waals surface area contributed by atoms with Gasteiger partial charge in [0.25, 0.3) is 0 Å². The molecular formula is C8H10FNO3. The predicted molar refractivity (Wildman–Crippen MR) is 43.7 cm³/mol. The molecular weight excluding hydrogens is 177 g/mol. The van der Waals surface area contributed by atoms with Crippen molar-refractivity contribution in [3.05, 3.63) is 23.5 Å². The second-order valence-electron chi connectivity index (χ2n) is 2.61. The van der Waals surface area contributed by atoms with E-state index < -0.39 is 23.4 Å². The van der Waals surface area contributed by atoms with Crippen LogP contribution in [0, 0.1) is 5.82 Å². The molecule has 0 spiro atoms. The van der Waals surface area contributed by atoms with Crippen molar-refractivity contribution in [1.82, 2.24) is 0 Å². The molecule has 0 fully saturated rings. The zero-order valence-electron chi connectivity index (χ0n) is 6.74. The van der Waals surface area contributed by atoms with Gasteiger partial charge in [-0.15, -0.1) is 0 Å².